The predicted molar refractivity (Wildman–Crippen MR) is 86.7 cm³/mol. The van der Waals surface area contributed by atoms with Crippen LogP contribution in [0.3, 0.4) is 0 Å². The summed E-state index contributed by atoms with van der Waals surface area (Å²) in [5, 5.41) is 0. The van der Waals surface area contributed by atoms with Gasteiger partial charge >= 0.3 is 0 Å². The van der Waals surface area contributed by atoms with Gasteiger partial charge in [0.15, 0.2) is 6.10 Å². The smallest absolute Gasteiger partial charge is 0.254 e. The van der Waals surface area contributed by atoms with Crippen LogP contribution in [-0.4, -0.2) is 54.5 Å². The summed E-state index contributed by atoms with van der Waals surface area (Å²) in [4.78, 5) is 28.3. The highest BCUT2D eigenvalue weighted by Gasteiger charge is 2.42. The molecule has 1 aromatic carbocycles. The average Bonchev–Trinajstić information content (AvgIpc) is 2.87. The molecule has 0 bridgehead atoms. The van der Waals surface area contributed by atoms with E-state index in [-0.39, 0.29) is 18.4 Å². The van der Waals surface area contributed by atoms with Crippen molar-refractivity contribution in [3.8, 4) is 0 Å². The monoisotopic (exact) mass is 334 g/mol. The molecular weight excluding hydrogens is 311 g/mol. The molecule has 0 aliphatic carbocycles. The van der Waals surface area contributed by atoms with Crippen molar-refractivity contribution in [2.75, 3.05) is 26.7 Å². The summed E-state index contributed by atoms with van der Waals surface area (Å²) < 4.78 is 19.9. The molecule has 2 fully saturated rings. The maximum absolute atomic E-state index is 14.3. The molecule has 6 heteroatoms. The van der Waals surface area contributed by atoms with Gasteiger partial charge in [-0.25, -0.2) is 4.39 Å². The first kappa shape index (κ1) is 16.9. The summed E-state index contributed by atoms with van der Waals surface area (Å²) in [6, 6.07) is 5.52. The average molecular weight is 334 g/mol. The Balaban J connectivity index is 1.90. The van der Waals surface area contributed by atoms with E-state index in [2.05, 4.69) is 0 Å². The second-order valence-corrected chi connectivity index (χ2v) is 6.44. The van der Waals surface area contributed by atoms with Gasteiger partial charge in [-0.3, -0.25) is 9.59 Å². The summed E-state index contributed by atoms with van der Waals surface area (Å²) in [6.07, 6.45) is 3.31. The third kappa shape index (κ3) is 3.29. The fourth-order valence-electron chi connectivity index (χ4n) is 3.48. The summed E-state index contributed by atoms with van der Waals surface area (Å²) in [7, 11) is 1.60. The van der Waals surface area contributed by atoms with Crippen LogP contribution >= 0.6 is 0 Å². The Morgan fingerprint density at radius 1 is 1.17 bits per heavy atom. The van der Waals surface area contributed by atoms with Crippen molar-refractivity contribution < 1.29 is 18.7 Å². The van der Waals surface area contributed by atoms with Crippen molar-refractivity contribution >= 4 is 11.8 Å². The first-order valence-electron chi connectivity index (χ1n) is 8.50. The highest BCUT2D eigenvalue weighted by Crippen LogP contribution is 2.32. The number of rotatable bonds is 2. The van der Waals surface area contributed by atoms with Gasteiger partial charge in [0.25, 0.3) is 5.91 Å². The van der Waals surface area contributed by atoms with Crippen LogP contribution in [0.2, 0.25) is 0 Å². The molecule has 0 radical (unpaired) electrons. The second-order valence-electron chi connectivity index (χ2n) is 6.44. The number of likely N-dealkylation sites (tertiary alicyclic amines) is 1. The Morgan fingerprint density at radius 2 is 1.83 bits per heavy atom. The Bertz CT molecular complexity index is 614. The third-order valence-electron chi connectivity index (χ3n) is 4.87. The number of hydrogen-bond donors (Lipinski definition) is 0. The number of ether oxygens (including phenoxy) is 1. The maximum atomic E-state index is 14.3. The molecule has 1 aromatic rings. The zero-order valence-corrected chi connectivity index (χ0v) is 13.9. The van der Waals surface area contributed by atoms with Crippen LogP contribution in [0.4, 0.5) is 4.39 Å². The second kappa shape index (κ2) is 7.30. The highest BCUT2D eigenvalue weighted by molar-refractivity contribution is 5.86. The predicted octanol–water partition coefficient (Wildman–Crippen LogP) is 2.13. The van der Waals surface area contributed by atoms with E-state index in [0.29, 0.717) is 18.7 Å². The first-order chi connectivity index (χ1) is 11.6. The number of benzene rings is 1. The van der Waals surface area contributed by atoms with Crippen molar-refractivity contribution in [3.63, 3.8) is 0 Å². The maximum Gasteiger partial charge on any atom is 0.254 e. The molecule has 2 amide bonds. The molecule has 2 aliphatic heterocycles. The summed E-state index contributed by atoms with van der Waals surface area (Å²) in [5.41, 5.74) is 0.321. The Morgan fingerprint density at radius 3 is 2.50 bits per heavy atom. The molecule has 5 nitrogen and oxygen atoms in total. The molecule has 0 saturated carbocycles. The van der Waals surface area contributed by atoms with Gasteiger partial charge in [0.05, 0.1) is 6.04 Å². The molecule has 0 N–H and O–H groups in total. The fraction of sp³-hybridized carbons (Fsp3) is 0.556. The van der Waals surface area contributed by atoms with Crippen LogP contribution in [0.1, 0.15) is 37.3 Å². The fourth-order valence-corrected chi connectivity index (χ4v) is 3.48. The molecule has 0 spiro atoms. The van der Waals surface area contributed by atoms with Crippen molar-refractivity contribution in [2.45, 2.75) is 37.8 Å². The van der Waals surface area contributed by atoms with E-state index in [4.69, 9.17) is 4.74 Å². The first-order valence-corrected chi connectivity index (χ1v) is 8.50. The summed E-state index contributed by atoms with van der Waals surface area (Å²) in [5.74, 6) is -0.825. The van der Waals surface area contributed by atoms with E-state index >= 15 is 0 Å². The van der Waals surface area contributed by atoms with Gasteiger partial charge in [-0.15, -0.1) is 0 Å². The largest absolute Gasteiger partial charge is 0.356 e. The van der Waals surface area contributed by atoms with Crippen molar-refractivity contribution in [1.29, 1.82) is 0 Å². The lowest BCUT2D eigenvalue weighted by atomic mass is 9.96. The molecule has 2 heterocycles. The molecule has 0 aromatic heterocycles. The van der Waals surface area contributed by atoms with Crippen LogP contribution in [0.15, 0.2) is 24.3 Å². The third-order valence-corrected chi connectivity index (χ3v) is 4.87. The lowest BCUT2D eigenvalue weighted by Crippen LogP contribution is -2.54. The zero-order valence-electron chi connectivity index (χ0n) is 13.9. The normalized spacial score (nSPS) is 25.5. The molecule has 3 rings (SSSR count). The van der Waals surface area contributed by atoms with Gasteiger partial charge in [-0.05, 0) is 18.9 Å². The number of carbonyl (C=O) groups excluding carboxylic acids is 2. The van der Waals surface area contributed by atoms with Crippen LogP contribution in [0.5, 0.6) is 0 Å². The van der Waals surface area contributed by atoms with E-state index < -0.39 is 18.0 Å². The Labute approximate surface area is 141 Å². The van der Waals surface area contributed by atoms with Crippen LogP contribution < -0.4 is 0 Å². The van der Waals surface area contributed by atoms with Crippen LogP contribution in [-0.2, 0) is 14.3 Å². The van der Waals surface area contributed by atoms with Gasteiger partial charge in [0.2, 0.25) is 5.91 Å². The molecule has 0 unspecified atom stereocenters. The topological polar surface area (TPSA) is 49.9 Å². The standard InChI is InChI=1S/C18H23FN2O3/c1-20-15(22)12-24-17(16(20)13-8-4-5-9-14(13)19)18(23)21-10-6-2-3-7-11-21/h4-5,8-9,16-17H,2-3,6-7,10-12H2,1H3/t16-,17+/m0/s1. The Kier molecular flexibility index (Phi) is 5.14. The van der Waals surface area contributed by atoms with Crippen molar-refractivity contribution in [3.05, 3.63) is 35.6 Å². The summed E-state index contributed by atoms with van der Waals surface area (Å²) in [6.45, 7) is 1.24. The molecular formula is C18H23FN2O3. The number of amides is 2. The number of halogens is 1. The van der Waals surface area contributed by atoms with E-state index in [1.165, 1.54) is 11.0 Å². The number of hydrogen-bond acceptors (Lipinski definition) is 3. The molecule has 2 atom stereocenters. The van der Waals surface area contributed by atoms with E-state index in [9.17, 15) is 14.0 Å². The van der Waals surface area contributed by atoms with E-state index in [1.54, 1.807) is 30.1 Å². The lowest BCUT2D eigenvalue weighted by Gasteiger charge is -2.40. The van der Waals surface area contributed by atoms with E-state index in [0.717, 1.165) is 25.7 Å². The number of nitrogens with zero attached hydrogens (tertiary/aromatic N) is 2. The lowest BCUT2D eigenvalue weighted by molar-refractivity contribution is -0.167. The van der Waals surface area contributed by atoms with Gasteiger partial charge in [-0.2, -0.15) is 0 Å². The van der Waals surface area contributed by atoms with Crippen LogP contribution in [0.25, 0.3) is 0 Å². The van der Waals surface area contributed by atoms with Gasteiger partial charge in [0.1, 0.15) is 12.4 Å². The molecule has 2 saturated heterocycles. The van der Waals surface area contributed by atoms with Crippen molar-refractivity contribution in [1.82, 2.24) is 9.80 Å². The quantitative estimate of drug-likeness (QED) is 0.832. The summed E-state index contributed by atoms with van der Waals surface area (Å²) >= 11 is 0. The van der Waals surface area contributed by atoms with Crippen LogP contribution in [0, 0.1) is 5.82 Å². The number of morpholine rings is 1. The number of carbonyl (C=O) groups is 2. The highest BCUT2D eigenvalue weighted by atomic mass is 19.1. The van der Waals surface area contributed by atoms with Crippen molar-refractivity contribution in [2.24, 2.45) is 0 Å². The zero-order chi connectivity index (χ0) is 17.1. The molecule has 130 valence electrons. The van der Waals surface area contributed by atoms with E-state index in [1.807, 2.05) is 0 Å². The van der Waals surface area contributed by atoms with Gasteiger partial charge < -0.3 is 14.5 Å². The SMILES string of the molecule is CN1C(=O)CO[C@@H](C(=O)N2CCCCCC2)[C@@H]1c1ccccc1F. The number of likely N-dealkylation sites (N-methyl/N-ethyl adjacent to an activating group) is 1. The Hall–Kier alpha value is -1.95. The van der Waals surface area contributed by atoms with Gasteiger partial charge in [0, 0.05) is 25.7 Å². The molecule has 2 aliphatic rings. The molecule has 24 heavy (non-hydrogen) atoms. The minimum Gasteiger partial charge on any atom is -0.356 e. The minimum atomic E-state index is -0.859. The minimum absolute atomic E-state index is 0.147. The van der Waals surface area contributed by atoms with Gasteiger partial charge in [-0.1, -0.05) is 31.0 Å².